The van der Waals surface area contributed by atoms with Crippen molar-refractivity contribution in [1.82, 2.24) is 0 Å². The van der Waals surface area contributed by atoms with Crippen molar-refractivity contribution in [1.29, 1.82) is 0 Å². The summed E-state index contributed by atoms with van der Waals surface area (Å²) in [6.45, 7) is 0. The molecule has 0 aliphatic heterocycles. The van der Waals surface area contributed by atoms with Crippen LogP contribution in [0.2, 0.25) is 0 Å². The summed E-state index contributed by atoms with van der Waals surface area (Å²) in [5, 5.41) is 9.92. The number of benzene rings is 2. The van der Waals surface area contributed by atoms with E-state index in [1.807, 2.05) is 0 Å². The monoisotopic (exact) mass is 419 g/mol. The van der Waals surface area contributed by atoms with Crippen LogP contribution in [-0.2, 0) is 13.4 Å². The van der Waals surface area contributed by atoms with E-state index in [1.165, 1.54) is 31.4 Å². The third-order valence-electron chi connectivity index (χ3n) is 3.14. The van der Waals surface area contributed by atoms with E-state index in [2.05, 4.69) is 8.83 Å². The fraction of sp³-hybridized carbons (Fsp3) is 0.0714. The molecule has 2 rings (SSSR count). The summed E-state index contributed by atoms with van der Waals surface area (Å²) >= 11 is 0. The summed E-state index contributed by atoms with van der Waals surface area (Å²) in [6.07, 6.45) is 0. The predicted octanol–water partition coefficient (Wildman–Crippen LogP) is 1.80. The summed E-state index contributed by atoms with van der Waals surface area (Å²) in [6, 6.07) is 7.36. The molecule has 0 fully saturated rings. The average Bonchev–Trinajstić information content (AvgIpc) is 2.53. The van der Waals surface area contributed by atoms with Crippen LogP contribution in [0.25, 0.3) is 0 Å². The highest BCUT2D eigenvalue weighted by Crippen LogP contribution is 2.57. The fourth-order valence-electron chi connectivity index (χ4n) is 2.03. The number of methoxy groups -OCH3 is 1. The first-order valence-corrected chi connectivity index (χ1v) is 10.0. The van der Waals surface area contributed by atoms with Gasteiger partial charge in [-0.2, -0.15) is 4.31 Å². The van der Waals surface area contributed by atoms with Crippen LogP contribution in [0, 0.1) is 0 Å². The molecule has 2 aromatic rings. The molecule has 0 heterocycles. The van der Waals surface area contributed by atoms with Crippen molar-refractivity contribution in [3.05, 3.63) is 47.5 Å². The van der Waals surface area contributed by atoms with Gasteiger partial charge < -0.3 is 29.9 Å². The van der Waals surface area contributed by atoms with E-state index < -0.39 is 27.2 Å². The topological polar surface area (TPSA) is 186 Å². The third kappa shape index (κ3) is 5.54. The number of phosphoric acid groups is 2. The van der Waals surface area contributed by atoms with Crippen LogP contribution in [-0.4, -0.2) is 32.7 Å². The molecular formula is C14H15NO10P2. The average molecular weight is 419 g/mol. The molecule has 0 saturated heterocycles. The zero-order valence-corrected chi connectivity index (χ0v) is 15.5. The molecule has 1 atom stereocenters. The predicted molar refractivity (Wildman–Crippen MR) is 92.5 cm³/mol. The minimum absolute atomic E-state index is 0.0176. The van der Waals surface area contributed by atoms with Gasteiger partial charge in [0.15, 0.2) is 11.5 Å². The number of ether oxygens (including phenoxy) is 1. The quantitative estimate of drug-likeness (QED) is 0.250. The van der Waals surface area contributed by atoms with E-state index in [-0.39, 0.29) is 22.6 Å². The molecule has 13 heteroatoms. The number of hydrogen-bond acceptors (Lipinski definition) is 8. The Hall–Kier alpha value is -2.39. The van der Waals surface area contributed by atoms with E-state index in [4.69, 9.17) is 20.3 Å². The number of rotatable bonds is 7. The van der Waals surface area contributed by atoms with Crippen molar-refractivity contribution in [2.24, 2.45) is 0 Å². The summed E-state index contributed by atoms with van der Waals surface area (Å²) < 4.78 is 35.3. The van der Waals surface area contributed by atoms with Gasteiger partial charge in [0, 0.05) is 11.6 Å². The van der Waals surface area contributed by atoms with Crippen molar-refractivity contribution in [3.63, 3.8) is 0 Å². The van der Waals surface area contributed by atoms with Gasteiger partial charge in [-0.1, -0.05) is 0 Å². The maximum absolute atomic E-state index is 12.5. The number of nitrogens with two attached hydrogens (primary N) is 1. The summed E-state index contributed by atoms with van der Waals surface area (Å²) in [5.74, 6) is -1.03. The van der Waals surface area contributed by atoms with Crippen molar-refractivity contribution in [2.45, 2.75) is 0 Å². The van der Waals surface area contributed by atoms with Crippen LogP contribution in [0.3, 0.4) is 0 Å². The fourth-order valence-corrected chi connectivity index (χ4v) is 3.66. The van der Waals surface area contributed by atoms with E-state index in [1.54, 1.807) is 0 Å². The summed E-state index contributed by atoms with van der Waals surface area (Å²) in [7, 11) is -9.05. The van der Waals surface area contributed by atoms with Crippen LogP contribution in [0.4, 0.5) is 5.69 Å². The molecule has 0 aromatic heterocycles. The van der Waals surface area contributed by atoms with E-state index in [9.17, 15) is 23.9 Å². The van der Waals surface area contributed by atoms with Crippen LogP contribution >= 0.6 is 15.6 Å². The highest BCUT2D eigenvalue weighted by molar-refractivity contribution is 7.60. The number of hydrogen-bond donors (Lipinski definition) is 5. The largest absolute Gasteiger partial charge is 0.536 e. The molecule has 0 saturated carbocycles. The molecular weight excluding hydrogens is 404 g/mol. The normalized spacial score (nSPS) is 13.6. The number of carbonyl (C=O) groups excluding carboxylic acids is 1. The van der Waals surface area contributed by atoms with Gasteiger partial charge in [-0.05, 0) is 30.3 Å². The standard InChI is InChI=1S/C14H15NO10P2/c1-23-9-3-4-10(12(16)7-9)14(17)8-2-5-13(11(15)6-8)24-27(21,22)25-26(18,19)20/h2-7,16H,15H2,1H3,(H,21,22)(H2,18,19,20). The second kappa shape index (κ2) is 7.69. The van der Waals surface area contributed by atoms with Crippen molar-refractivity contribution in [3.8, 4) is 17.2 Å². The Morgan fingerprint density at radius 1 is 1.07 bits per heavy atom. The summed E-state index contributed by atoms with van der Waals surface area (Å²) in [5.41, 5.74) is 5.35. The molecule has 2 aromatic carbocycles. The molecule has 0 radical (unpaired) electrons. The molecule has 6 N–H and O–H groups in total. The van der Waals surface area contributed by atoms with Crippen molar-refractivity contribution < 1.29 is 47.3 Å². The van der Waals surface area contributed by atoms with Gasteiger partial charge in [0.25, 0.3) is 0 Å². The number of ketones is 1. The third-order valence-corrected chi connectivity index (χ3v) is 5.25. The minimum Gasteiger partial charge on any atom is -0.507 e. The number of phenolic OH excluding ortho intramolecular Hbond substituents is 1. The second-order valence-electron chi connectivity index (χ2n) is 5.10. The lowest BCUT2D eigenvalue weighted by molar-refractivity contribution is 0.103. The Bertz CT molecular complexity index is 970. The first-order valence-electron chi connectivity index (χ1n) is 7.02. The van der Waals surface area contributed by atoms with Gasteiger partial charge >= 0.3 is 15.6 Å². The SMILES string of the molecule is COc1ccc(C(=O)c2ccc(OP(=O)(O)OP(=O)(O)O)c(N)c2)c(O)c1. The maximum atomic E-state index is 12.5. The Morgan fingerprint density at radius 3 is 2.26 bits per heavy atom. The molecule has 0 bridgehead atoms. The van der Waals surface area contributed by atoms with E-state index in [0.29, 0.717) is 5.75 Å². The van der Waals surface area contributed by atoms with Crippen LogP contribution < -0.4 is 15.0 Å². The highest BCUT2D eigenvalue weighted by atomic mass is 31.3. The van der Waals surface area contributed by atoms with Gasteiger partial charge in [0.1, 0.15) is 11.5 Å². The van der Waals surface area contributed by atoms with Crippen LogP contribution in [0.1, 0.15) is 15.9 Å². The zero-order chi connectivity index (χ0) is 20.4. The first-order chi connectivity index (χ1) is 12.4. The summed E-state index contributed by atoms with van der Waals surface area (Å²) in [4.78, 5) is 38.9. The molecule has 11 nitrogen and oxygen atoms in total. The molecule has 146 valence electrons. The number of aromatic hydroxyl groups is 1. The molecule has 0 aliphatic carbocycles. The Balaban J connectivity index is 2.27. The lowest BCUT2D eigenvalue weighted by atomic mass is 10.0. The lowest BCUT2D eigenvalue weighted by Crippen LogP contribution is -2.04. The van der Waals surface area contributed by atoms with Gasteiger partial charge in [0.2, 0.25) is 0 Å². The number of phosphoric ester groups is 1. The number of nitrogen functional groups attached to an aromatic ring is 1. The maximum Gasteiger partial charge on any atom is 0.536 e. The van der Waals surface area contributed by atoms with Gasteiger partial charge in [0.05, 0.1) is 18.4 Å². The van der Waals surface area contributed by atoms with Crippen molar-refractivity contribution in [2.75, 3.05) is 12.8 Å². The number of anilines is 1. The molecule has 27 heavy (non-hydrogen) atoms. The molecule has 0 aliphatic rings. The lowest BCUT2D eigenvalue weighted by Gasteiger charge is -2.15. The first kappa shape index (κ1) is 20.9. The number of carbonyl (C=O) groups is 1. The smallest absolute Gasteiger partial charge is 0.507 e. The zero-order valence-electron chi connectivity index (χ0n) is 13.7. The Labute approximate surface area is 152 Å². The van der Waals surface area contributed by atoms with E-state index >= 15 is 0 Å². The molecule has 0 amide bonds. The van der Waals surface area contributed by atoms with E-state index in [0.717, 1.165) is 12.1 Å². The second-order valence-corrected chi connectivity index (χ2v) is 7.85. The van der Waals surface area contributed by atoms with Crippen molar-refractivity contribution >= 4 is 27.1 Å². The van der Waals surface area contributed by atoms with Gasteiger partial charge in [-0.15, -0.1) is 0 Å². The molecule has 0 spiro atoms. The molecule has 1 unspecified atom stereocenters. The van der Waals surface area contributed by atoms with Gasteiger partial charge in [-0.25, -0.2) is 9.13 Å². The Morgan fingerprint density at radius 2 is 1.74 bits per heavy atom. The van der Waals surface area contributed by atoms with Crippen LogP contribution in [0.5, 0.6) is 17.2 Å². The highest BCUT2D eigenvalue weighted by Gasteiger charge is 2.34. The Kier molecular flexibility index (Phi) is 5.96. The van der Waals surface area contributed by atoms with Gasteiger partial charge in [-0.3, -0.25) is 9.69 Å². The minimum atomic E-state index is -5.29. The number of phenols is 1. The van der Waals surface area contributed by atoms with Crippen LogP contribution in [0.15, 0.2) is 36.4 Å².